The van der Waals surface area contributed by atoms with E-state index >= 15 is 0 Å². The molecule has 0 aliphatic rings. The quantitative estimate of drug-likeness (QED) is 0.317. The normalized spacial score (nSPS) is 11.4. The molecule has 0 saturated heterocycles. The second-order valence-corrected chi connectivity index (χ2v) is 7.82. The second-order valence-electron chi connectivity index (χ2n) is 7.82. The van der Waals surface area contributed by atoms with Crippen LogP contribution in [-0.4, -0.2) is 27.9 Å². The third-order valence-electron chi connectivity index (χ3n) is 5.47. The first-order valence-electron chi connectivity index (χ1n) is 10.1. The van der Waals surface area contributed by atoms with Crippen LogP contribution in [0.25, 0.3) is 5.69 Å². The van der Waals surface area contributed by atoms with Gasteiger partial charge in [0.25, 0.3) is 0 Å². The number of halogens is 3. The Morgan fingerprint density at radius 1 is 1.18 bits per heavy atom. The Morgan fingerprint density at radius 3 is 2.42 bits per heavy atom. The van der Waals surface area contributed by atoms with Crippen LogP contribution in [-0.2, 0) is 12.8 Å². The van der Waals surface area contributed by atoms with Crippen LogP contribution in [0.5, 0.6) is 5.75 Å². The lowest BCUT2D eigenvalue weighted by molar-refractivity contribution is -0.138. The molecule has 176 valence electrons. The lowest BCUT2D eigenvalue weighted by Gasteiger charge is -2.20. The molecule has 0 aliphatic heterocycles. The van der Waals surface area contributed by atoms with E-state index in [2.05, 4.69) is 10.4 Å². The fraction of sp³-hybridized carbons (Fsp3) is 0.304. The van der Waals surface area contributed by atoms with Gasteiger partial charge in [0.1, 0.15) is 12.4 Å². The van der Waals surface area contributed by atoms with E-state index in [1.54, 1.807) is 19.1 Å². The number of nitrogens with two attached hydrogens (primary N) is 1. The number of aromatic nitrogens is 2. The molecule has 1 aromatic heterocycles. The summed E-state index contributed by atoms with van der Waals surface area (Å²) < 4.78 is 48.5. The molecule has 0 radical (unpaired) electrons. The number of nitrogens with one attached hydrogen (secondary N) is 1. The molecule has 0 unspecified atom stereocenters. The van der Waals surface area contributed by atoms with E-state index in [1.807, 2.05) is 31.5 Å². The SMILES string of the molecule is Cc1cc(-n2nc(C)c(C)c2C)ccc1OCc1c(NC(=O)N(C)N)cccc1C(F)(F)F. The van der Waals surface area contributed by atoms with Gasteiger partial charge in [0.15, 0.2) is 0 Å². The molecule has 0 fully saturated rings. The van der Waals surface area contributed by atoms with E-state index in [4.69, 9.17) is 10.6 Å². The molecule has 0 bridgehead atoms. The lowest BCUT2D eigenvalue weighted by atomic mass is 10.1. The number of urea groups is 1. The maximum absolute atomic E-state index is 13.6. The highest BCUT2D eigenvalue weighted by atomic mass is 19.4. The molecule has 0 aliphatic carbocycles. The number of nitrogens with zero attached hydrogens (tertiary/aromatic N) is 3. The van der Waals surface area contributed by atoms with Gasteiger partial charge in [-0.15, -0.1) is 0 Å². The number of carbonyl (C=O) groups is 1. The van der Waals surface area contributed by atoms with Crippen molar-refractivity contribution in [2.45, 2.75) is 40.5 Å². The summed E-state index contributed by atoms with van der Waals surface area (Å²) in [5.41, 5.74) is 3.45. The second kappa shape index (κ2) is 9.14. The summed E-state index contributed by atoms with van der Waals surface area (Å²) in [6.45, 7) is 7.30. The Morgan fingerprint density at radius 2 is 1.88 bits per heavy atom. The molecule has 10 heteroatoms. The van der Waals surface area contributed by atoms with Gasteiger partial charge in [-0.1, -0.05) is 6.07 Å². The molecule has 7 nitrogen and oxygen atoms in total. The van der Waals surface area contributed by atoms with Crippen LogP contribution in [0.3, 0.4) is 0 Å². The third-order valence-corrected chi connectivity index (χ3v) is 5.47. The Labute approximate surface area is 189 Å². The number of carbonyl (C=O) groups excluding carboxylic acids is 1. The number of anilines is 1. The van der Waals surface area contributed by atoms with E-state index in [0.29, 0.717) is 5.75 Å². The van der Waals surface area contributed by atoms with Crippen molar-refractivity contribution in [3.63, 3.8) is 0 Å². The number of amides is 2. The zero-order valence-electron chi connectivity index (χ0n) is 19.0. The van der Waals surface area contributed by atoms with Gasteiger partial charge in [0.05, 0.1) is 16.9 Å². The average molecular weight is 461 g/mol. The first-order chi connectivity index (χ1) is 15.4. The van der Waals surface area contributed by atoms with Crippen molar-refractivity contribution < 1.29 is 22.7 Å². The van der Waals surface area contributed by atoms with Gasteiger partial charge < -0.3 is 10.1 Å². The number of rotatable bonds is 5. The van der Waals surface area contributed by atoms with E-state index in [1.165, 1.54) is 19.2 Å². The number of benzene rings is 2. The predicted molar refractivity (Wildman–Crippen MR) is 119 cm³/mol. The zero-order valence-corrected chi connectivity index (χ0v) is 19.0. The van der Waals surface area contributed by atoms with Gasteiger partial charge in [-0.05, 0) is 69.2 Å². The first-order valence-corrected chi connectivity index (χ1v) is 10.1. The Kier molecular flexibility index (Phi) is 6.68. The standard InChI is InChI=1S/C23H26F3N5O2/c1-13-11-17(31-16(4)14(2)15(3)29-31)9-10-21(13)33-12-18-19(23(24,25)26)7-6-8-20(18)28-22(32)30(5)27/h6-11H,12,27H2,1-5H3,(H,28,32). The van der Waals surface area contributed by atoms with E-state index in [-0.39, 0.29) is 11.3 Å². The van der Waals surface area contributed by atoms with Gasteiger partial charge in [-0.2, -0.15) is 18.3 Å². The van der Waals surface area contributed by atoms with Crippen LogP contribution >= 0.6 is 0 Å². The average Bonchev–Trinajstić information content (AvgIpc) is 2.99. The predicted octanol–water partition coefficient (Wildman–Crippen LogP) is 5.04. The summed E-state index contributed by atoms with van der Waals surface area (Å²) in [4.78, 5) is 11.9. The van der Waals surface area contributed by atoms with Crippen LogP contribution in [0.2, 0.25) is 0 Å². The number of hydrazine groups is 1. The van der Waals surface area contributed by atoms with Crippen molar-refractivity contribution in [1.29, 1.82) is 0 Å². The minimum absolute atomic E-state index is 0.0282. The van der Waals surface area contributed by atoms with Crippen molar-refractivity contribution in [3.8, 4) is 11.4 Å². The monoisotopic (exact) mass is 461 g/mol. The molecule has 0 saturated carbocycles. The van der Waals surface area contributed by atoms with Gasteiger partial charge in [0, 0.05) is 24.0 Å². The number of hydrogen-bond donors (Lipinski definition) is 2. The Bertz CT molecular complexity index is 1190. The molecule has 2 amide bonds. The Balaban J connectivity index is 1.91. The molecular formula is C23H26F3N5O2. The van der Waals surface area contributed by atoms with Crippen molar-refractivity contribution in [1.82, 2.24) is 14.8 Å². The highest BCUT2D eigenvalue weighted by Crippen LogP contribution is 2.36. The summed E-state index contributed by atoms with van der Waals surface area (Å²) in [6, 6.07) is 8.13. The van der Waals surface area contributed by atoms with Crippen LogP contribution < -0.4 is 15.9 Å². The van der Waals surface area contributed by atoms with E-state index < -0.39 is 24.4 Å². The van der Waals surface area contributed by atoms with Crippen molar-refractivity contribution in [2.75, 3.05) is 12.4 Å². The van der Waals surface area contributed by atoms with E-state index in [0.717, 1.165) is 39.3 Å². The molecule has 2 aromatic carbocycles. The number of ether oxygens (including phenoxy) is 1. The van der Waals surface area contributed by atoms with Gasteiger partial charge in [-0.3, -0.25) is 5.01 Å². The van der Waals surface area contributed by atoms with Crippen LogP contribution in [0.15, 0.2) is 36.4 Å². The fourth-order valence-electron chi connectivity index (χ4n) is 3.38. The molecule has 0 atom stereocenters. The van der Waals surface area contributed by atoms with E-state index in [9.17, 15) is 18.0 Å². The smallest absolute Gasteiger partial charge is 0.416 e. The van der Waals surface area contributed by atoms with Crippen LogP contribution in [0.1, 0.15) is 33.6 Å². The lowest BCUT2D eigenvalue weighted by Crippen LogP contribution is -2.37. The maximum atomic E-state index is 13.6. The van der Waals surface area contributed by atoms with Gasteiger partial charge in [0.2, 0.25) is 0 Å². The molecule has 3 rings (SSSR count). The number of alkyl halides is 3. The minimum atomic E-state index is -4.62. The maximum Gasteiger partial charge on any atom is 0.416 e. The van der Waals surface area contributed by atoms with Gasteiger partial charge in [-0.25, -0.2) is 15.3 Å². The molecular weight excluding hydrogens is 435 g/mol. The summed E-state index contributed by atoms with van der Waals surface area (Å²) in [7, 11) is 1.29. The topological polar surface area (TPSA) is 85.4 Å². The molecule has 1 heterocycles. The summed E-state index contributed by atoms with van der Waals surface area (Å²) in [5, 5.41) is 7.67. The summed E-state index contributed by atoms with van der Waals surface area (Å²) in [5.74, 6) is 5.81. The summed E-state index contributed by atoms with van der Waals surface area (Å²) in [6.07, 6.45) is -4.62. The van der Waals surface area contributed by atoms with Crippen LogP contribution in [0, 0.1) is 27.7 Å². The molecule has 33 heavy (non-hydrogen) atoms. The largest absolute Gasteiger partial charge is 0.489 e. The highest BCUT2D eigenvalue weighted by molar-refractivity contribution is 5.89. The number of hydrogen-bond acceptors (Lipinski definition) is 4. The van der Waals surface area contributed by atoms with Crippen LogP contribution in [0.4, 0.5) is 23.7 Å². The fourth-order valence-corrected chi connectivity index (χ4v) is 3.38. The van der Waals surface area contributed by atoms with Gasteiger partial charge >= 0.3 is 12.2 Å². The van der Waals surface area contributed by atoms with Crippen molar-refractivity contribution in [3.05, 3.63) is 70.0 Å². The van der Waals surface area contributed by atoms with Crippen molar-refractivity contribution >= 4 is 11.7 Å². The molecule has 3 aromatic rings. The molecule has 3 N–H and O–H groups in total. The summed E-state index contributed by atoms with van der Waals surface area (Å²) >= 11 is 0. The molecule has 0 spiro atoms. The number of aryl methyl sites for hydroxylation is 2. The highest BCUT2D eigenvalue weighted by Gasteiger charge is 2.34. The minimum Gasteiger partial charge on any atom is -0.489 e. The first kappa shape index (κ1) is 24.1. The Hall–Kier alpha value is -3.53. The third kappa shape index (κ3) is 5.11. The zero-order chi connectivity index (χ0) is 24.5. The van der Waals surface area contributed by atoms with Crippen molar-refractivity contribution in [2.24, 2.45) is 5.84 Å².